The van der Waals surface area contributed by atoms with E-state index in [9.17, 15) is 4.79 Å². The van der Waals surface area contributed by atoms with Crippen LogP contribution < -0.4 is 10.6 Å². The molecule has 0 radical (unpaired) electrons. The van der Waals surface area contributed by atoms with Gasteiger partial charge in [-0.2, -0.15) is 5.10 Å². The Balaban J connectivity index is 1.42. The van der Waals surface area contributed by atoms with E-state index in [1.807, 2.05) is 11.6 Å². The van der Waals surface area contributed by atoms with Crippen molar-refractivity contribution in [2.75, 3.05) is 0 Å². The molecule has 0 bridgehead atoms. The maximum absolute atomic E-state index is 12.6. The van der Waals surface area contributed by atoms with Crippen molar-refractivity contribution in [3.05, 3.63) is 35.3 Å². The summed E-state index contributed by atoms with van der Waals surface area (Å²) in [4.78, 5) is 16.8. The van der Waals surface area contributed by atoms with Crippen LogP contribution in [0.15, 0.2) is 16.8 Å². The van der Waals surface area contributed by atoms with Crippen LogP contribution in [0.5, 0.6) is 0 Å². The van der Waals surface area contributed by atoms with E-state index in [4.69, 9.17) is 4.42 Å². The molecule has 0 saturated heterocycles. The molecular formula is C18H25N5O2. The van der Waals surface area contributed by atoms with Crippen LogP contribution in [0.4, 0.5) is 4.79 Å². The third-order valence-corrected chi connectivity index (χ3v) is 5.18. The third kappa shape index (κ3) is 3.27. The minimum Gasteiger partial charge on any atom is -0.466 e. The van der Waals surface area contributed by atoms with Gasteiger partial charge in [-0.1, -0.05) is 13.8 Å². The Labute approximate surface area is 147 Å². The van der Waals surface area contributed by atoms with Crippen LogP contribution in [0.2, 0.25) is 0 Å². The number of furan rings is 1. The lowest BCUT2D eigenvalue weighted by molar-refractivity contribution is 0.209. The molecule has 3 heterocycles. The fraction of sp³-hybridized carbons (Fsp3) is 0.611. The van der Waals surface area contributed by atoms with E-state index in [0.717, 1.165) is 48.6 Å². The predicted octanol–water partition coefficient (Wildman–Crippen LogP) is 2.51. The van der Waals surface area contributed by atoms with Gasteiger partial charge in [-0.3, -0.25) is 0 Å². The third-order valence-electron chi connectivity index (χ3n) is 5.18. The van der Waals surface area contributed by atoms with Crippen LogP contribution in [-0.4, -0.2) is 26.8 Å². The fourth-order valence-corrected chi connectivity index (χ4v) is 4.05. The summed E-state index contributed by atoms with van der Waals surface area (Å²) in [5, 5.41) is 10.4. The minimum absolute atomic E-state index is 0.0123. The van der Waals surface area contributed by atoms with Crippen LogP contribution in [0, 0.1) is 12.3 Å². The maximum atomic E-state index is 12.6. The molecular weight excluding hydrogens is 318 g/mol. The Kier molecular flexibility index (Phi) is 3.81. The van der Waals surface area contributed by atoms with Crippen LogP contribution in [0.25, 0.3) is 0 Å². The number of amides is 2. The molecule has 0 unspecified atom stereocenters. The van der Waals surface area contributed by atoms with Crippen molar-refractivity contribution in [1.29, 1.82) is 0 Å². The van der Waals surface area contributed by atoms with Crippen LogP contribution in [0.1, 0.15) is 55.6 Å². The zero-order valence-corrected chi connectivity index (χ0v) is 15.0. The van der Waals surface area contributed by atoms with Gasteiger partial charge in [-0.25, -0.2) is 14.5 Å². The zero-order valence-electron chi connectivity index (χ0n) is 15.0. The number of nitrogens with zero attached hydrogens (tertiary/aromatic N) is 3. The molecule has 2 aliphatic rings. The standard InChI is InChI=1S/C18H25N5O2/c1-11-6-13-14(7-18(2,3)8-15(13)25-11)22-17(24)21-12-4-5-16-19-10-20-23(16)9-12/h6,10,12,14H,4-5,7-9H2,1-3H3,(H2,21,22,24)/t12-,14+/m0/s1. The lowest BCUT2D eigenvalue weighted by Crippen LogP contribution is -2.48. The molecule has 2 aromatic rings. The SMILES string of the molecule is Cc1cc2c(o1)CC(C)(C)C[C@H]2NC(=O)N[C@H]1CCc2ncnn2C1. The Morgan fingerprint density at radius 2 is 2.24 bits per heavy atom. The smallest absolute Gasteiger partial charge is 0.315 e. The van der Waals surface area contributed by atoms with Crippen molar-refractivity contribution in [3.63, 3.8) is 0 Å². The van der Waals surface area contributed by atoms with Gasteiger partial charge in [0.25, 0.3) is 0 Å². The summed E-state index contributed by atoms with van der Waals surface area (Å²) in [6.45, 7) is 7.07. The number of carbonyl (C=O) groups is 1. The number of fused-ring (bicyclic) bond motifs is 2. The topological polar surface area (TPSA) is 85.0 Å². The van der Waals surface area contributed by atoms with Gasteiger partial charge in [-0.05, 0) is 31.2 Å². The second-order valence-electron chi connectivity index (χ2n) is 8.05. The zero-order chi connectivity index (χ0) is 17.6. The highest BCUT2D eigenvalue weighted by Gasteiger charge is 2.36. The second kappa shape index (κ2) is 5.89. The minimum atomic E-state index is -0.124. The normalized spacial score (nSPS) is 24.3. The Hall–Kier alpha value is -2.31. The number of hydrogen-bond donors (Lipinski definition) is 2. The van der Waals surface area contributed by atoms with E-state index < -0.39 is 0 Å². The number of urea groups is 1. The van der Waals surface area contributed by atoms with Gasteiger partial charge in [0, 0.05) is 18.4 Å². The molecule has 25 heavy (non-hydrogen) atoms. The molecule has 134 valence electrons. The quantitative estimate of drug-likeness (QED) is 0.877. The van der Waals surface area contributed by atoms with E-state index >= 15 is 0 Å². The Morgan fingerprint density at radius 1 is 1.40 bits per heavy atom. The molecule has 7 heteroatoms. The molecule has 2 N–H and O–H groups in total. The number of nitrogens with one attached hydrogen (secondary N) is 2. The number of carbonyl (C=O) groups excluding carboxylic acids is 1. The van der Waals surface area contributed by atoms with Crippen LogP contribution >= 0.6 is 0 Å². The largest absolute Gasteiger partial charge is 0.466 e. The van der Waals surface area contributed by atoms with E-state index in [-0.39, 0.29) is 23.5 Å². The lowest BCUT2D eigenvalue weighted by atomic mass is 9.75. The summed E-state index contributed by atoms with van der Waals surface area (Å²) in [7, 11) is 0. The highest BCUT2D eigenvalue weighted by atomic mass is 16.3. The molecule has 0 spiro atoms. The summed E-state index contributed by atoms with van der Waals surface area (Å²) >= 11 is 0. The number of hydrogen-bond acceptors (Lipinski definition) is 4. The summed E-state index contributed by atoms with van der Waals surface area (Å²) in [6, 6.07) is 2.00. The molecule has 0 fully saturated rings. The molecule has 0 aromatic carbocycles. The second-order valence-corrected chi connectivity index (χ2v) is 8.05. The first-order chi connectivity index (χ1) is 11.9. The van der Waals surface area contributed by atoms with E-state index in [0.29, 0.717) is 6.54 Å². The summed E-state index contributed by atoms with van der Waals surface area (Å²) in [5.41, 5.74) is 1.23. The highest BCUT2D eigenvalue weighted by Crippen LogP contribution is 2.41. The molecule has 1 aliphatic heterocycles. The fourth-order valence-electron chi connectivity index (χ4n) is 4.05. The average molecular weight is 343 g/mol. The Bertz CT molecular complexity index is 791. The predicted molar refractivity (Wildman–Crippen MR) is 92.1 cm³/mol. The number of aromatic nitrogens is 3. The van der Waals surface area contributed by atoms with Crippen molar-refractivity contribution >= 4 is 6.03 Å². The van der Waals surface area contributed by atoms with Gasteiger partial charge < -0.3 is 15.1 Å². The lowest BCUT2D eigenvalue weighted by Gasteiger charge is -2.35. The van der Waals surface area contributed by atoms with Crippen molar-refractivity contribution in [3.8, 4) is 0 Å². The Morgan fingerprint density at radius 3 is 3.08 bits per heavy atom. The first-order valence-corrected chi connectivity index (χ1v) is 8.92. The van der Waals surface area contributed by atoms with Gasteiger partial charge in [-0.15, -0.1) is 0 Å². The maximum Gasteiger partial charge on any atom is 0.315 e. The molecule has 0 saturated carbocycles. The van der Waals surface area contributed by atoms with Gasteiger partial charge >= 0.3 is 6.03 Å². The van der Waals surface area contributed by atoms with E-state index in [1.165, 1.54) is 0 Å². The van der Waals surface area contributed by atoms with Crippen LogP contribution in [-0.2, 0) is 19.4 Å². The molecule has 2 atom stereocenters. The molecule has 1 aliphatic carbocycles. The number of rotatable bonds is 2. The van der Waals surface area contributed by atoms with Gasteiger partial charge in [0.1, 0.15) is 23.7 Å². The van der Waals surface area contributed by atoms with Crippen LogP contribution in [0.3, 0.4) is 0 Å². The average Bonchev–Trinajstić information content (AvgIpc) is 3.11. The van der Waals surface area contributed by atoms with Gasteiger partial charge in [0.05, 0.1) is 18.6 Å². The van der Waals surface area contributed by atoms with Gasteiger partial charge in [0.15, 0.2) is 0 Å². The number of aryl methyl sites for hydroxylation is 2. The molecule has 7 nitrogen and oxygen atoms in total. The van der Waals surface area contributed by atoms with Crippen molar-refractivity contribution < 1.29 is 9.21 Å². The first-order valence-electron chi connectivity index (χ1n) is 8.92. The van der Waals surface area contributed by atoms with E-state index in [2.05, 4.69) is 40.6 Å². The summed E-state index contributed by atoms with van der Waals surface area (Å²) in [6.07, 6.45) is 5.12. The molecule has 2 aromatic heterocycles. The monoisotopic (exact) mass is 343 g/mol. The van der Waals surface area contributed by atoms with E-state index in [1.54, 1.807) is 6.33 Å². The molecule has 2 amide bonds. The van der Waals surface area contributed by atoms with Crippen molar-refractivity contribution in [2.45, 2.75) is 65.1 Å². The first kappa shape index (κ1) is 16.2. The summed E-state index contributed by atoms with van der Waals surface area (Å²) in [5.74, 6) is 2.90. The van der Waals surface area contributed by atoms with Gasteiger partial charge in [0.2, 0.25) is 0 Å². The van der Waals surface area contributed by atoms with Crippen molar-refractivity contribution in [2.24, 2.45) is 5.41 Å². The summed E-state index contributed by atoms with van der Waals surface area (Å²) < 4.78 is 7.71. The molecule has 4 rings (SSSR count). The van der Waals surface area contributed by atoms with Crippen molar-refractivity contribution in [1.82, 2.24) is 25.4 Å². The highest BCUT2D eigenvalue weighted by molar-refractivity contribution is 5.75.